The zero-order valence-electron chi connectivity index (χ0n) is 11.7. The van der Waals surface area contributed by atoms with Crippen molar-refractivity contribution < 1.29 is 9.53 Å². The van der Waals surface area contributed by atoms with Gasteiger partial charge in [-0.05, 0) is 20.3 Å². The molecule has 0 saturated heterocycles. The molecule has 0 bridgehead atoms. The third-order valence-electron chi connectivity index (χ3n) is 3.04. The maximum atomic E-state index is 12.0. The van der Waals surface area contributed by atoms with Crippen molar-refractivity contribution in [1.82, 2.24) is 9.78 Å². The fourth-order valence-electron chi connectivity index (χ4n) is 1.81. The Bertz CT molecular complexity index is 438. The van der Waals surface area contributed by atoms with Crippen LogP contribution in [0.5, 0.6) is 0 Å². The van der Waals surface area contributed by atoms with Gasteiger partial charge in [-0.2, -0.15) is 5.10 Å². The second-order valence-electron chi connectivity index (χ2n) is 5.04. The average molecular weight is 273 g/mol. The lowest BCUT2D eigenvalue weighted by atomic mass is 9.99. The van der Waals surface area contributed by atoms with Crippen molar-refractivity contribution in [3.8, 4) is 0 Å². The van der Waals surface area contributed by atoms with E-state index in [1.54, 1.807) is 11.8 Å². The summed E-state index contributed by atoms with van der Waals surface area (Å²) in [6.45, 7) is 5.79. The van der Waals surface area contributed by atoms with Crippen LogP contribution in [0.2, 0.25) is 5.02 Å². The van der Waals surface area contributed by atoms with Crippen molar-refractivity contribution in [3.05, 3.63) is 16.4 Å². The summed E-state index contributed by atoms with van der Waals surface area (Å²) < 4.78 is 6.95. The van der Waals surface area contributed by atoms with Gasteiger partial charge in [-0.3, -0.25) is 9.48 Å². The van der Waals surface area contributed by atoms with E-state index in [-0.39, 0.29) is 5.78 Å². The number of hydrogen-bond donors (Lipinski definition) is 0. The predicted molar refractivity (Wildman–Crippen MR) is 72.0 cm³/mol. The quantitative estimate of drug-likeness (QED) is 0.799. The van der Waals surface area contributed by atoms with Gasteiger partial charge in [0.25, 0.3) is 0 Å². The summed E-state index contributed by atoms with van der Waals surface area (Å²) in [5, 5.41) is 4.91. The van der Waals surface area contributed by atoms with E-state index in [2.05, 4.69) is 5.10 Å². The third-order valence-corrected chi connectivity index (χ3v) is 3.48. The molecule has 0 N–H and O–H groups in total. The van der Waals surface area contributed by atoms with Crippen LogP contribution >= 0.6 is 11.6 Å². The van der Waals surface area contributed by atoms with Gasteiger partial charge in [0.15, 0.2) is 0 Å². The van der Waals surface area contributed by atoms with Crippen LogP contribution in [-0.2, 0) is 29.4 Å². The number of halogens is 1. The summed E-state index contributed by atoms with van der Waals surface area (Å²) >= 11 is 6.21. The first-order chi connectivity index (χ1) is 8.30. The van der Waals surface area contributed by atoms with Crippen molar-refractivity contribution in [2.75, 3.05) is 7.11 Å². The molecule has 18 heavy (non-hydrogen) atoms. The SMILES string of the molecule is CCc1nn(C)c(CC(=O)CC(C)(C)OC)c1Cl. The number of aryl methyl sites for hydroxylation is 2. The molecule has 0 fully saturated rings. The average Bonchev–Trinajstić information content (AvgIpc) is 2.56. The van der Waals surface area contributed by atoms with Crippen molar-refractivity contribution in [2.45, 2.75) is 45.6 Å². The van der Waals surface area contributed by atoms with E-state index in [0.717, 1.165) is 17.8 Å². The molecule has 0 aromatic carbocycles. The van der Waals surface area contributed by atoms with Crippen molar-refractivity contribution in [1.29, 1.82) is 0 Å². The van der Waals surface area contributed by atoms with Crippen molar-refractivity contribution >= 4 is 17.4 Å². The summed E-state index contributed by atoms with van der Waals surface area (Å²) in [4.78, 5) is 12.0. The lowest BCUT2D eigenvalue weighted by Gasteiger charge is -2.21. The van der Waals surface area contributed by atoms with Crippen LogP contribution in [-0.4, -0.2) is 28.3 Å². The summed E-state index contributed by atoms with van der Waals surface area (Å²) in [7, 11) is 3.43. The molecule has 0 atom stereocenters. The monoisotopic (exact) mass is 272 g/mol. The molecule has 4 nitrogen and oxygen atoms in total. The zero-order chi connectivity index (χ0) is 13.9. The van der Waals surface area contributed by atoms with Crippen LogP contribution in [0.4, 0.5) is 0 Å². The Morgan fingerprint density at radius 1 is 1.50 bits per heavy atom. The molecular formula is C13H21ClN2O2. The van der Waals surface area contributed by atoms with Gasteiger partial charge in [0.1, 0.15) is 5.78 Å². The summed E-state index contributed by atoms with van der Waals surface area (Å²) in [6, 6.07) is 0. The smallest absolute Gasteiger partial charge is 0.141 e. The minimum Gasteiger partial charge on any atom is -0.378 e. The second-order valence-corrected chi connectivity index (χ2v) is 5.42. The van der Waals surface area contributed by atoms with Crippen LogP contribution in [0.1, 0.15) is 38.6 Å². The Kier molecular flexibility index (Phi) is 4.93. The van der Waals surface area contributed by atoms with E-state index in [0.29, 0.717) is 17.9 Å². The lowest BCUT2D eigenvalue weighted by Crippen LogP contribution is -2.27. The first kappa shape index (κ1) is 15.2. The van der Waals surface area contributed by atoms with Crippen molar-refractivity contribution in [3.63, 3.8) is 0 Å². The molecule has 102 valence electrons. The predicted octanol–water partition coefficient (Wildman–Crippen LogP) is 2.56. The van der Waals surface area contributed by atoms with Crippen molar-refractivity contribution in [2.24, 2.45) is 7.05 Å². The fraction of sp³-hybridized carbons (Fsp3) is 0.692. The van der Waals surface area contributed by atoms with Gasteiger partial charge in [0.05, 0.1) is 22.0 Å². The Hall–Kier alpha value is -0.870. The molecule has 0 radical (unpaired) electrons. The van der Waals surface area contributed by atoms with Crippen LogP contribution in [0, 0.1) is 0 Å². The maximum absolute atomic E-state index is 12.0. The number of carbonyl (C=O) groups excluding carboxylic acids is 1. The van der Waals surface area contributed by atoms with E-state index in [1.807, 2.05) is 27.8 Å². The molecule has 0 unspecified atom stereocenters. The normalized spacial score (nSPS) is 11.9. The highest BCUT2D eigenvalue weighted by Crippen LogP contribution is 2.23. The first-order valence-corrected chi connectivity index (χ1v) is 6.45. The highest BCUT2D eigenvalue weighted by atomic mass is 35.5. The van der Waals surface area contributed by atoms with Gasteiger partial charge in [0.2, 0.25) is 0 Å². The molecular weight excluding hydrogens is 252 g/mol. The van der Waals surface area contributed by atoms with Gasteiger partial charge in [-0.25, -0.2) is 0 Å². The van der Waals surface area contributed by atoms with Gasteiger partial charge in [-0.1, -0.05) is 18.5 Å². The molecule has 1 aromatic heterocycles. The molecule has 0 amide bonds. The topological polar surface area (TPSA) is 44.1 Å². The van der Waals surface area contributed by atoms with E-state index >= 15 is 0 Å². The zero-order valence-corrected chi connectivity index (χ0v) is 12.5. The highest BCUT2D eigenvalue weighted by molar-refractivity contribution is 6.32. The number of ether oxygens (including phenoxy) is 1. The second kappa shape index (κ2) is 5.85. The van der Waals surface area contributed by atoms with E-state index < -0.39 is 5.60 Å². The number of Topliss-reactive ketones (excluding diaryl/α,β-unsaturated/α-hetero) is 1. The molecule has 0 spiro atoms. The Labute approximate surface area is 113 Å². The summed E-state index contributed by atoms with van der Waals surface area (Å²) in [6.07, 6.45) is 1.44. The summed E-state index contributed by atoms with van der Waals surface area (Å²) in [5.41, 5.74) is 1.19. The molecule has 0 aliphatic carbocycles. The molecule has 1 heterocycles. The van der Waals surface area contributed by atoms with E-state index in [4.69, 9.17) is 16.3 Å². The molecule has 0 aliphatic heterocycles. The van der Waals surface area contributed by atoms with Crippen LogP contribution < -0.4 is 0 Å². The molecule has 1 aromatic rings. The minimum absolute atomic E-state index is 0.106. The molecule has 5 heteroatoms. The van der Waals surface area contributed by atoms with Crippen LogP contribution in [0.3, 0.4) is 0 Å². The van der Waals surface area contributed by atoms with Gasteiger partial charge in [-0.15, -0.1) is 0 Å². The maximum Gasteiger partial charge on any atom is 0.141 e. The molecule has 0 saturated carbocycles. The highest BCUT2D eigenvalue weighted by Gasteiger charge is 2.23. The van der Waals surface area contributed by atoms with Gasteiger partial charge < -0.3 is 4.74 Å². The third kappa shape index (κ3) is 3.56. The lowest BCUT2D eigenvalue weighted by molar-refractivity contribution is -0.123. The van der Waals surface area contributed by atoms with Crippen LogP contribution in [0.25, 0.3) is 0 Å². The Morgan fingerprint density at radius 3 is 2.56 bits per heavy atom. The standard InChI is InChI=1S/C13H21ClN2O2/c1-6-10-12(14)11(16(4)15-10)7-9(17)8-13(2,3)18-5/h6-8H2,1-5H3. The Balaban J connectivity index is 2.79. The number of methoxy groups -OCH3 is 1. The molecule has 1 rings (SSSR count). The number of rotatable bonds is 6. The number of hydrogen-bond acceptors (Lipinski definition) is 3. The largest absolute Gasteiger partial charge is 0.378 e. The fourth-order valence-corrected chi connectivity index (χ4v) is 2.17. The minimum atomic E-state index is -0.435. The van der Waals surface area contributed by atoms with Gasteiger partial charge in [0, 0.05) is 27.0 Å². The van der Waals surface area contributed by atoms with E-state index in [9.17, 15) is 4.79 Å². The first-order valence-electron chi connectivity index (χ1n) is 6.07. The van der Waals surface area contributed by atoms with Gasteiger partial charge >= 0.3 is 0 Å². The summed E-state index contributed by atoms with van der Waals surface area (Å²) in [5.74, 6) is 0.106. The number of nitrogens with zero attached hydrogens (tertiary/aromatic N) is 2. The number of aromatic nitrogens is 2. The van der Waals surface area contributed by atoms with Crippen LogP contribution in [0.15, 0.2) is 0 Å². The number of carbonyl (C=O) groups is 1. The Morgan fingerprint density at radius 2 is 2.11 bits per heavy atom. The molecule has 0 aliphatic rings. The van der Waals surface area contributed by atoms with E-state index in [1.165, 1.54) is 0 Å². The number of ketones is 1.